The molecule has 0 spiro atoms. The molecule has 1 aromatic carbocycles. The van der Waals surface area contributed by atoms with E-state index in [1.165, 1.54) is 12.1 Å². The van der Waals surface area contributed by atoms with E-state index in [0.29, 0.717) is 24.2 Å². The van der Waals surface area contributed by atoms with Gasteiger partial charge in [0.05, 0.1) is 5.56 Å². The number of nitrogens with one attached hydrogen (secondary N) is 2. The van der Waals surface area contributed by atoms with Gasteiger partial charge in [0.1, 0.15) is 11.5 Å². The summed E-state index contributed by atoms with van der Waals surface area (Å²) in [6.07, 6.45) is -3.72. The summed E-state index contributed by atoms with van der Waals surface area (Å²) >= 11 is 0. The summed E-state index contributed by atoms with van der Waals surface area (Å²) in [6, 6.07) is 6.59. The Balaban J connectivity index is 1.75. The molecule has 3 rings (SSSR count). The van der Waals surface area contributed by atoms with Crippen LogP contribution in [0.15, 0.2) is 41.3 Å². The Morgan fingerprint density at radius 2 is 1.96 bits per heavy atom. The van der Waals surface area contributed by atoms with Crippen LogP contribution in [0.2, 0.25) is 0 Å². The first-order chi connectivity index (χ1) is 11.3. The van der Waals surface area contributed by atoms with E-state index < -0.39 is 40.6 Å². The number of pyridine rings is 1. The first kappa shape index (κ1) is 16.2. The molecule has 0 aliphatic heterocycles. The number of anilines is 1. The third-order valence-corrected chi connectivity index (χ3v) is 3.92. The standard InChI is InChI=1S/C16H12F4N2O2/c17-12-4-2-1-3-9(12)10-6-11(10)14(23)22-13-5-8(16(18,19)20)7-21-15(13)24/h1-5,7,10-11H,6H2,(H,21,24)(H,22,23). The van der Waals surface area contributed by atoms with Crippen LogP contribution in [0.5, 0.6) is 0 Å². The van der Waals surface area contributed by atoms with E-state index in [-0.39, 0.29) is 5.92 Å². The van der Waals surface area contributed by atoms with E-state index in [0.717, 1.165) is 0 Å². The average molecular weight is 340 g/mol. The molecule has 2 unspecified atom stereocenters. The second-order valence-corrected chi connectivity index (χ2v) is 5.59. The van der Waals surface area contributed by atoms with Crippen molar-refractivity contribution < 1.29 is 22.4 Å². The van der Waals surface area contributed by atoms with Gasteiger partial charge in [-0.3, -0.25) is 9.59 Å². The van der Waals surface area contributed by atoms with Crippen LogP contribution in [0.4, 0.5) is 23.2 Å². The number of rotatable bonds is 3. The minimum Gasteiger partial charge on any atom is -0.327 e. The molecule has 0 saturated heterocycles. The molecule has 1 amide bonds. The average Bonchev–Trinajstić information content (AvgIpc) is 3.29. The summed E-state index contributed by atoms with van der Waals surface area (Å²) in [7, 11) is 0. The van der Waals surface area contributed by atoms with Crippen molar-refractivity contribution >= 4 is 11.6 Å². The van der Waals surface area contributed by atoms with Crippen molar-refractivity contribution in [1.82, 2.24) is 4.98 Å². The van der Waals surface area contributed by atoms with Crippen LogP contribution >= 0.6 is 0 Å². The molecule has 24 heavy (non-hydrogen) atoms. The van der Waals surface area contributed by atoms with Gasteiger partial charge in [0.15, 0.2) is 0 Å². The molecule has 2 N–H and O–H groups in total. The topological polar surface area (TPSA) is 62.0 Å². The van der Waals surface area contributed by atoms with Gasteiger partial charge >= 0.3 is 6.18 Å². The quantitative estimate of drug-likeness (QED) is 0.843. The first-order valence-electron chi connectivity index (χ1n) is 7.12. The van der Waals surface area contributed by atoms with Gasteiger partial charge in [0.2, 0.25) is 5.91 Å². The van der Waals surface area contributed by atoms with Crippen molar-refractivity contribution in [2.75, 3.05) is 5.32 Å². The Hall–Kier alpha value is -2.64. The number of amides is 1. The van der Waals surface area contributed by atoms with E-state index in [9.17, 15) is 27.2 Å². The molecule has 2 aromatic rings. The van der Waals surface area contributed by atoms with Gasteiger partial charge in [-0.2, -0.15) is 13.2 Å². The number of hydrogen-bond acceptors (Lipinski definition) is 2. The Bertz CT molecular complexity index is 844. The highest BCUT2D eigenvalue weighted by Gasteiger charge is 2.45. The number of benzene rings is 1. The summed E-state index contributed by atoms with van der Waals surface area (Å²) in [5.74, 6) is -1.95. The fourth-order valence-electron chi connectivity index (χ4n) is 2.57. The molecule has 1 heterocycles. The van der Waals surface area contributed by atoms with Gasteiger partial charge in [-0.1, -0.05) is 18.2 Å². The molecule has 1 aromatic heterocycles. The lowest BCUT2D eigenvalue weighted by molar-refractivity contribution is -0.137. The zero-order valence-electron chi connectivity index (χ0n) is 12.2. The normalized spacial score (nSPS) is 19.8. The smallest absolute Gasteiger partial charge is 0.327 e. The molecule has 8 heteroatoms. The lowest BCUT2D eigenvalue weighted by Crippen LogP contribution is -2.22. The lowest BCUT2D eigenvalue weighted by atomic mass is 10.1. The maximum absolute atomic E-state index is 13.7. The third-order valence-electron chi connectivity index (χ3n) is 3.92. The minimum atomic E-state index is -4.64. The maximum atomic E-state index is 13.7. The molecular formula is C16H12F4N2O2. The number of hydrogen-bond donors (Lipinski definition) is 2. The highest BCUT2D eigenvalue weighted by atomic mass is 19.4. The Morgan fingerprint density at radius 1 is 1.25 bits per heavy atom. The van der Waals surface area contributed by atoms with Crippen LogP contribution in [0.25, 0.3) is 0 Å². The molecule has 126 valence electrons. The Morgan fingerprint density at radius 3 is 2.62 bits per heavy atom. The number of carbonyl (C=O) groups is 1. The molecule has 0 bridgehead atoms. The number of carbonyl (C=O) groups excluding carboxylic acids is 1. The Kier molecular flexibility index (Phi) is 3.90. The van der Waals surface area contributed by atoms with E-state index in [4.69, 9.17) is 0 Å². The number of alkyl halides is 3. The van der Waals surface area contributed by atoms with Crippen molar-refractivity contribution in [3.8, 4) is 0 Å². The second-order valence-electron chi connectivity index (χ2n) is 5.59. The van der Waals surface area contributed by atoms with Crippen molar-refractivity contribution in [2.24, 2.45) is 5.92 Å². The molecule has 1 aliphatic rings. The molecule has 4 nitrogen and oxygen atoms in total. The van der Waals surface area contributed by atoms with Crippen LogP contribution in [0.1, 0.15) is 23.5 Å². The zero-order chi connectivity index (χ0) is 17.5. The van der Waals surface area contributed by atoms with Gasteiger partial charge in [-0.05, 0) is 30.0 Å². The van der Waals surface area contributed by atoms with Crippen molar-refractivity contribution in [1.29, 1.82) is 0 Å². The highest BCUT2D eigenvalue weighted by molar-refractivity contribution is 5.95. The third kappa shape index (κ3) is 3.17. The Labute approximate surface area is 133 Å². The SMILES string of the molecule is O=C(Nc1cc(C(F)(F)F)c[nH]c1=O)C1CC1c1ccccc1F. The molecule has 1 saturated carbocycles. The second kappa shape index (κ2) is 5.77. The first-order valence-corrected chi connectivity index (χ1v) is 7.12. The lowest BCUT2D eigenvalue weighted by Gasteiger charge is -2.09. The predicted octanol–water partition coefficient (Wildman–Crippen LogP) is 3.28. The zero-order valence-corrected chi connectivity index (χ0v) is 12.2. The van der Waals surface area contributed by atoms with E-state index in [1.807, 2.05) is 4.98 Å². The number of aromatic amines is 1. The number of H-pyrrole nitrogens is 1. The van der Waals surface area contributed by atoms with Crippen molar-refractivity contribution in [3.63, 3.8) is 0 Å². The van der Waals surface area contributed by atoms with Crippen LogP contribution in [0, 0.1) is 11.7 Å². The van der Waals surface area contributed by atoms with Gasteiger partial charge < -0.3 is 10.3 Å². The van der Waals surface area contributed by atoms with E-state index in [1.54, 1.807) is 12.1 Å². The van der Waals surface area contributed by atoms with E-state index in [2.05, 4.69) is 5.32 Å². The molecular weight excluding hydrogens is 328 g/mol. The molecule has 2 atom stereocenters. The van der Waals surface area contributed by atoms with Gasteiger partial charge in [-0.15, -0.1) is 0 Å². The largest absolute Gasteiger partial charge is 0.417 e. The van der Waals surface area contributed by atoms with Crippen LogP contribution in [0.3, 0.4) is 0 Å². The number of aromatic nitrogens is 1. The van der Waals surface area contributed by atoms with Gasteiger partial charge in [0.25, 0.3) is 5.56 Å². The minimum absolute atomic E-state index is 0.337. The molecule has 1 aliphatic carbocycles. The predicted molar refractivity (Wildman–Crippen MR) is 77.9 cm³/mol. The molecule has 1 fully saturated rings. The van der Waals surface area contributed by atoms with Crippen LogP contribution in [-0.2, 0) is 11.0 Å². The summed E-state index contributed by atoms with van der Waals surface area (Å²) in [4.78, 5) is 25.6. The fraction of sp³-hybridized carbons (Fsp3) is 0.250. The van der Waals surface area contributed by atoms with Crippen molar-refractivity contribution in [2.45, 2.75) is 18.5 Å². The molecule has 0 radical (unpaired) electrons. The van der Waals surface area contributed by atoms with Crippen molar-refractivity contribution in [3.05, 3.63) is 63.8 Å². The summed E-state index contributed by atoms with van der Waals surface area (Å²) < 4.78 is 51.7. The fourth-order valence-corrected chi connectivity index (χ4v) is 2.57. The maximum Gasteiger partial charge on any atom is 0.417 e. The van der Waals surface area contributed by atoms with E-state index >= 15 is 0 Å². The monoisotopic (exact) mass is 340 g/mol. The van der Waals surface area contributed by atoms with Crippen LogP contribution < -0.4 is 10.9 Å². The van der Waals surface area contributed by atoms with Crippen LogP contribution in [-0.4, -0.2) is 10.9 Å². The summed E-state index contributed by atoms with van der Waals surface area (Å²) in [5.41, 5.74) is -2.00. The summed E-state index contributed by atoms with van der Waals surface area (Å²) in [6.45, 7) is 0. The highest BCUT2D eigenvalue weighted by Crippen LogP contribution is 2.48. The number of halogens is 4. The summed E-state index contributed by atoms with van der Waals surface area (Å²) in [5, 5.41) is 2.20. The van der Waals surface area contributed by atoms with Gasteiger partial charge in [0, 0.05) is 12.1 Å². The van der Waals surface area contributed by atoms with Gasteiger partial charge in [-0.25, -0.2) is 4.39 Å².